The lowest BCUT2D eigenvalue weighted by Crippen LogP contribution is -2.18. The Balaban J connectivity index is 1.82. The summed E-state index contributed by atoms with van der Waals surface area (Å²) in [6.07, 6.45) is 5.41. The maximum absolute atomic E-state index is 12.5. The minimum atomic E-state index is -0.258. The molecule has 0 N–H and O–H groups in total. The van der Waals surface area contributed by atoms with E-state index in [0.717, 1.165) is 5.69 Å². The molecular weight excluding hydrogens is 462 g/mol. The standard InChI is InChI=1S/C24H18ClN3O4S/c1-31-19-8-10-23(32-2)15(11-19)13-26-27-24-28(17-5-3-16(25)4-6-17)21(14-33-24)20-12-18(29)7-9-22(20)30/h3-14H,1-2H3/b26-13+,27-24-. The lowest BCUT2D eigenvalue weighted by molar-refractivity contribution is -0.113. The zero-order chi connectivity index (χ0) is 23.4. The van der Waals surface area contributed by atoms with Gasteiger partial charge in [-0.05, 0) is 60.7 Å². The van der Waals surface area contributed by atoms with Crippen LogP contribution in [-0.4, -0.2) is 36.6 Å². The van der Waals surface area contributed by atoms with E-state index in [1.54, 1.807) is 72.8 Å². The number of carbonyl (C=O) groups excluding carboxylic acids is 2. The molecule has 9 heteroatoms. The Labute approximate surface area is 198 Å². The Morgan fingerprint density at radius 2 is 1.82 bits per heavy atom. The molecule has 166 valence electrons. The Hall–Kier alpha value is -3.75. The van der Waals surface area contributed by atoms with Gasteiger partial charge in [-0.3, -0.25) is 14.2 Å². The highest BCUT2D eigenvalue weighted by Gasteiger charge is 2.20. The molecule has 1 aliphatic rings. The smallest absolute Gasteiger partial charge is 0.215 e. The van der Waals surface area contributed by atoms with Crippen LogP contribution in [0.4, 0.5) is 0 Å². The van der Waals surface area contributed by atoms with E-state index >= 15 is 0 Å². The van der Waals surface area contributed by atoms with Gasteiger partial charge in [0, 0.05) is 21.7 Å². The van der Waals surface area contributed by atoms with Crippen molar-refractivity contribution >= 4 is 46.3 Å². The molecule has 0 bridgehead atoms. The van der Waals surface area contributed by atoms with Crippen molar-refractivity contribution in [1.29, 1.82) is 0 Å². The van der Waals surface area contributed by atoms with Gasteiger partial charge in [0.1, 0.15) is 11.5 Å². The SMILES string of the molecule is COc1ccc(OC)c(/C=N/N=c2\scc(C3=CC(=O)C=CC3=O)n2-c2ccc(Cl)cc2)c1. The summed E-state index contributed by atoms with van der Waals surface area (Å²) in [5.74, 6) is 0.772. The topological polar surface area (TPSA) is 82.2 Å². The minimum Gasteiger partial charge on any atom is -0.497 e. The summed E-state index contributed by atoms with van der Waals surface area (Å²) >= 11 is 7.34. The average Bonchev–Trinajstić information content (AvgIpc) is 3.24. The molecule has 1 aliphatic carbocycles. The fourth-order valence-corrected chi connectivity index (χ4v) is 4.18. The number of aromatic nitrogens is 1. The van der Waals surface area contributed by atoms with Crippen LogP contribution >= 0.6 is 22.9 Å². The van der Waals surface area contributed by atoms with Gasteiger partial charge in [0.05, 0.1) is 31.7 Å². The van der Waals surface area contributed by atoms with Crippen molar-refractivity contribution in [3.05, 3.63) is 87.2 Å². The summed E-state index contributed by atoms with van der Waals surface area (Å²) in [5, 5.41) is 10.9. The molecule has 0 unspecified atom stereocenters. The first-order valence-electron chi connectivity index (χ1n) is 9.74. The number of rotatable bonds is 6. The second-order valence-electron chi connectivity index (χ2n) is 6.83. The van der Waals surface area contributed by atoms with Crippen molar-refractivity contribution in [2.45, 2.75) is 0 Å². The minimum absolute atomic E-state index is 0.250. The van der Waals surface area contributed by atoms with E-state index in [1.165, 1.54) is 29.6 Å². The first-order valence-corrected chi connectivity index (χ1v) is 11.0. The number of hydrogen-bond acceptors (Lipinski definition) is 7. The van der Waals surface area contributed by atoms with Crippen LogP contribution in [0.3, 0.4) is 0 Å². The van der Waals surface area contributed by atoms with Crippen LogP contribution in [0.5, 0.6) is 11.5 Å². The van der Waals surface area contributed by atoms with Crippen molar-refractivity contribution in [2.75, 3.05) is 14.2 Å². The van der Waals surface area contributed by atoms with Gasteiger partial charge in [-0.25, -0.2) is 0 Å². The average molecular weight is 480 g/mol. The third-order valence-corrected chi connectivity index (χ3v) is 5.87. The number of benzene rings is 2. The molecule has 0 radical (unpaired) electrons. The third kappa shape index (κ3) is 4.87. The van der Waals surface area contributed by atoms with Crippen LogP contribution in [0.1, 0.15) is 11.3 Å². The number of thiazole rings is 1. The second kappa shape index (κ2) is 9.81. The van der Waals surface area contributed by atoms with Gasteiger partial charge in [0.2, 0.25) is 4.80 Å². The van der Waals surface area contributed by atoms with E-state index in [4.69, 9.17) is 21.1 Å². The molecule has 2 aromatic carbocycles. The van der Waals surface area contributed by atoms with Crippen molar-refractivity contribution in [2.24, 2.45) is 10.2 Å². The first kappa shape index (κ1) is 22.4. The lowest BCUT2D eigenvalue weighted by atomic mass is 10.0. The van der Waals surface area contributed by atoms with Crippen molar-refractivity contribution in [3.63, 3.8) is 0 Å². The number of ketones is 2. The van der Waals surface area contributed by atoms with Crippen LogP contribution < -0.4 is 14.3 Å². The highest BCUT2D eigenvalue weighted by molar-refractivity contribution is 7.07. The molecule has 33 heavy (non-hydrogen) atoms. The van der Waals surface area contributed by atoms with Crippen molar-refractivity contribution in [3.8, 4) is 17.2 Å². The molecule has 0 aliphatic heterocycles. The van der Waals surface area contributed by atoms with E-state index in [2.05, 4.69) is 10.2 Å². The van der Waals surface area contributed by atoms with Crippen LogP contribution in [0, 0.1) is 0 Å². The first-order chi connectivity index (χ1) is 16.0. The quantitative estimate of drug-likeness (QED) is 0.301. The molecule has 0 saturated heterocycles. The number of halogens is 1. The van der Waals surface area contributed by atoms with Gasteiger partial charge in [0.25, 0.3) is 0 Å². The number of hydrogen-bond donors (Lipinski definition) is 0. The number of ether oxygens (including phenoxy) is 2. The summed E-state index contributed by atoms with van der Waals surface area (Å²) in [6, 6.07) is 12.4. The van der Waals surface area contributed by atoms with Crippen molar-refractivity contribution in [1.82, 2.24) is 4.57 Å². The molecule has 0 fully saturated rings. The molecule has 0 spiro atoms. The molecular formula is C24H18ClN3O4S. The maximum Gasteiger partial charge on any atom is 0.215 e. The van der Waals surface area contributed by atoms with E-state index in [1.807, 2.05) is 0 Å². The predicted octanol–water partition coefficient (Wildman–Crippen LogP) is 4.24. The van der Waals surface area contributed by atoms with E-state index < -0.39 is 0 Å². The van der Waals surface area contributed by atoms with Gasteiger partial charge in [0.15, 0.2) is 11.6 Å². The predicted molar refractivity (Wildman–Crippen MR) is 128 cm³/mol. The highest BCUT2D eigenvalue weighted by Crippen LogP contribution is 2.24. The van der Waals surface area contributed by atoms with Gasteiger partial charge >= 0.3 is 0 Å². The molecule has 0 atom stereocenters. The summed E-state index contributed by atoms with van der Waals surface area (Å²) in [6.45, 7) is 0. The Kier molecular flexibility index (Phi) is 6.67. The number of carbonyl (C=O) groups is 2. The third-order valence-electron chi connectivity index (χ3n) is 4.80. The van der Waals surface area contributed by atoms with E-state index in [0.29, 0.717) is 32.6 Å². The molecule has 4 rings (SSSR count). The van der Waals surface area contributed by atoms with Crippen LogP contribution in [0.2, 0.25) is 5.02 Å². The monoisotopic (exact) mass is 479 g/mol. The van der Waals surface area contributed by atoms with E-state index in [9.17, 15) is 9.59 Å². The summed E-state index contributed by atoms with van der Waals surface area (Å²) in [5.41, 5.74) is 2.24. The molecule has 0 amide bonds. The van der Waals surface area contributed by atoms with Crippen LogP contribution in [-0.2, 0) is 9.59 Å². The zero-order valence-electron chi connectivity index (χ0n) is 17.7. The Bertz CT molecular complexity index is 1380. The van der Waals surface area contributed by atoms with Crippen LogP contribution in [0.25, 0.3) is 11.3 Å². The van der Waals surface area contributed by atoms with Gasteiger partial charge in [-0.15, -0.1) is 16.4 Å². The fourth-order valence-electron chi connectivity index (χ4n) is 3.20. The number of methoxy groups -OCH3 is 2. The lowest BCUT2D eigenvalue weighted by Gasteiger charge is -2.11. The molecule has 0 saturated carbocycles. The van der Waals surface area contributed by atoms with Crippen LogP contribution in [0.15, 0.2) is 76.3 Å². The Morgan fingerprint density at radius 3 is 2.55 bits per heavy atom. The largest absolute Gasteiger partial charge is 0.497 e. The molecule has 3 aromatic rings. The normalized spacial score (nSPS) is 14.2. The van der Waals surface area contributed by atoms with Gasteiger partial charge in [-0.2, -0.15) is 5.10 Å². The fraction of sp³-hybridized carbons (Fsp3) is 0.0833. The molecule has 1 heterocycles. The van der Waals surface area contributed by atoms with Crippen molar-refractivity contribution < 1.29 is 19.1 Å². The highest BCUT2D eigenvalue weighted by atomic mass is 35.5. The molecule has 1 aromatic heterocycles. The number of allylic oxidation sites excluding steroid dienone is 4. The summed E-state index contributed by atoms with van der Waals surface area (Å²) < 4.78 is 12.4. The zero-order valence-corrected chi connectivity index (χ0v) is 19.3. The molecule has 7 nitrogen and oxygen atoms in total. The van der Waals surface area contributed by atoms with Gasteiger partial charge < -0.3 is 9.47 Å². The summed E-state index contributed by atoms with van der Waals surface area (Å²) in [7, 11) is 3.15. The maximum atomic E-state index is 12.5. The Morgan fingerprint density at radius 1 is 1.03 bits per heavy atom. The number of nitrogens with zero attached hydrogens (tertiary/aromatic N) is 3. The second-order valence-corrected chi connectivity index (χ2v) is 8.10. The van der Waals surface area contributed by atoms with Gasteiger partial charge in [-0.1, -0.05) is 11.6 Å². The van der Waals surface area contributed by atoms with E-state index in [-0.39, 0.29) is 17.1 Å². The summed E-state index contributed by atoms with van der Waals surface area (Å²) in [4.78, 5) is 24.9.